The normalized spacial score (nSPS) is 13.0. The lowest BCUT2D eigenvalue weighted by Gasteiger charge is -2.18. The molecule has 0 N–H and O–H groups in total. The third-order valence-electron chi connectivity index (χ3n) is 8.62. The second kappa shape index (κ2) is 43.1. The Morgan fingerprint density at radius 2 is 0.764 bits per heavy atom. The molecule has 55 heavy (non-hydrogen) atoms. The van der Waals surface area contributed by atoms with Crippen LogP contribution in [0, 0.1) is 0 Å². The van der Waals surface area contributed by atoms with Crippen molar-refractivity contribution in [2.24, 2.45) is 0 Å². The Labute approximate surface area is 337 Å². The van der Waals surface area contributed by atoms with Gasteiger partial charge in [0.1, 0.15) is 13.2 Å². The van der Waals surface area contributed by atoms with Gasteiger partial charge < -0.3 is 14.2 Å². The molecule has 0 saturated carbocycles. The number of esters is 3. The number of carbonyl (C=O) groups excluding carboxylic acids is 3. The van der Waals surface area contributed by atoms with Gasteiger partial charge in [0.05, 0.1) is 6.42 Å². The summed E-state index contributed by atoms with van der Waals surface area (Å²) in [5.74, 6) is -1.10. The van der Waals surface area contributed by atoms with Crippen LogP contribution >= 0.6 is 0 Å². The fourth-order valence-electron chi connectivity index (χ4n) is 5.41. The minimum Gasteiger partial charge on any atom is -0.462 e. The molecule has 0 spiro atoms. The van der Waals surface area contributed by atoms with Crippen molar-refractivity contribution in [1.29, 1.82) is 0 Å². The van der Waals surface area contributed by atoms with Gasteiger partial charge in [-0.15, -0.1) is 0 Å². The van der Waals surface area contributed by atoms with Crippen LogP contribution in [0.4, 0.5) is 0 Å². The van der Waals surface area contributed by atoms with E-state index in [0.29, 0.717) is 12.8 Å². The number of rotatable bonds is 37. The molecule has 0 aliphatic heterocycles. The van der Waals surface area contributed by atoms with Crippen molar-refractivity contribution in [1.82, 2.24) is 0 Å². The molecule has 0 amide bonds. The van der Waals surface area contributed by atoms with E-state index in [1.165, 1.54) is 38.5 Å². The van der Waals surface area contributed by atoms with E-state index in [-0.39, 0.29) is 31.6 Å². The molecule has 0 bridgehead atoms. The van der Waals surface area contributed by atoms with Gasteiger partial charge in [-0.3, -0.25) is 14.4 Å². The van der Waals surface area contributed by atoms with Gasteiger partial charge in [-0.25, -0.2) is 0 Å². The maximum Gasteiger partial charge on any atom is 0.310 e. The lowest BCUT2D eigenvalue weighted by Crippen LogP contribution is -2.30. The zero-order chi connectivity index (χ0) is 40.1. The van der Waals surface area contributed by atoms with Crippen LogP contribution in [-0.4, -0.2) is 37.2 Å². The molecule has 0 fully saturated rings. The summed E-state index contributed by atoms with van der Waals surface area (Å²) in [6.07, 6.45) is 55.7. The molecule has 1 atom stereocenters. The summed E-state index contributed by atoms with van der Waals surface area (Å²) in [7, 11) is 0. The summed E-state index contributed by atoms with van der Waals surface area (Å²) in [4.78, 5) is 37.5. The van der Waals surface area contributed by atoms with Gasteiger partial charge in [0.15, 0.2) is 6.10 Å². The number of carbonyl (C=O) groups is 3. The van der Waals surface area contributed by atoms with Crippen LogP contribution in [0.25, 0.3) is 0 Å². The number of allylic oxidation sites excluding steroid dienone is 15. The van der Waals surface area contributed by atoms with Gasteiger partial charge in [0, 0.05) is 12.8 Å². The largest absolute Gasteiger partial charge is 0.462 e. The monoisotopic (exact) mass is 763 g/mol. The van der Waals surface area contributed by atoms with Crippen molar-refractivity contribution in [3.8, 4) is 0 Å². The van der Waals surface area contributed by atoms with E-state index in [1.54, 1.807) is 6.08 Å². The van der Waals surface area contributed by atoms with Crippen LogP contribution in [0.15, 0.2) is 97.2 Å². The number of hydrogen-bond donors (Lipinski definition) is 0. The Kier molecular flexibility index (Phi) is 40.2. The van der Waals surface area contributed by atoms with Crippen molar-refractivity contribution in [2.45, 2.75) is 181 Å². The van der Waals surface area contributed by atoms with Crippen LogP contribution in [0.5, 0.6) is 0 Å². The van der Waals surface area contributed by atoms with Crippen LogP contribution in [0.2, 0.25) is 0 Å². The molecule has 0 radical (unpaired) electrons. The first-order chi connectivity index (χ1) is 27.0. The van der Waals surface area contributed by atoms with Crippen molar-refractivity contribution in [2.75, 3.05) is 13.2 Å². The summed E-state index contributed by atoms with van der Waals surface area (Å²) in [5.41, 5.74) is 0. The molecule has 0 rings (SSSR count). The highest BCUT2D eigenvalue weighted by molar-refractivity contribution is 5.72. The van der Waals surface area contributed by atoms with Gasteiger partial charge in [-0.2, -0.15) is 0 Å². The average Bonchev–Trinajstić information content (AvgIpc) is 3.18. The van der Waals surface area contributed by atoms with E-state index >= 15 is 0 Å². The Balaban J connectivity index is 4.44. The first kappa shape index (κ1) is 51.3. The number of ether oxygens (including phenoxy) is 3. The van der Waals surface area contributed by atoms with Crippen LogP contribution < -0.4 is 0 Å². The van der Waals surface area contributed by atoms with E-state index < -0.39 is 12.1 Å². The highest BCUT2D eigenvalue weighted by atomic mass is 16.6. The summed E-state index contributed by atoms with van der Waals surface area (Å²) < 4.78 is 16.5. The van der Waals surface area contributed by atoms with Crippen LogP contribution in [-0.2, 0) is 28.6 Å². The molecular weight excluding hydrogens is 685 g/mol. The SMILES string of the molecule is CC/C=C\C/C=C\C/C=C\C/C=C\C/C=C\CCCCCC(=O)OCC(COC(=O)CCCCCCCCCCC)OC(=O)C/C=C\C/C=C\C/C=C\CC. The van der Waals surface area contributed by atoms with E-state index in [9.17, 15) is 14.4 Å². The molecule has 0 aromatic rings. The van der Waals surface area contributed by atoms with E-state index in [4.69, 9.17) is 14.2 Å². The van der Waals surface area contributed by atoms with E-state index in [0.717, 1.165) is 96.3 Å². The molecule has 0 heterocycles. The average molecular weight is 763 g/mol. The second-order valence-electron chi connectivity index (χ2n) is 13.9. The van der Waals surface area contributed by atoms with Crippen molar-refractivity contribution in [3.63, 3.8) is 0 Å². The molecule has 0 aliphatic carbocycles. The zero-order valence-corrected chi connectivity index (χ0v) is 35.1. The van der Waals surface area contributed by atoms with Crippen molar-refractivity contribution >= 4 is 17.9 Å². The quantitative estimate of drug-likeness (QED) is 0.0271. The molecule has 0 saturated heterocycles. The van der Waals surface area contributed by atoms with E-state index in [2.05, 4.69) is 106 Å². The molecule has 1 unspecified atom stereocenters. The molecular formula is C49H78O6. The fraction of sp³-hybridized carbons (Fsp3) is 0.612. The molecule has 0 aliphatic rings. The van der Waals surface area contributed by atoms with Crippen molar-refractivity contribution < 1.29 is 28.6 Å². The lowest BCUT2D eigenvalue weighted by molar-refractivity contribution is -0.166. The second-order valence-corrected chi connectivity index (χ2v) is 13.9. The summed E-state index contributed by atoms with van der Waals surface area (Å²) in [6, 6.07) is 0. The maximum atomic E-state index is 12.6. The first-order valence-electron chi connectivity index (χ1n) is 21.7. The third-order valence-corrected chi connectivity index (χ3v) is 8.62. The summed E-state index contributed by atoms with van der Waals surface area (Å²) >= 11 is 0. The zero-order valence-electron chi connectivity index (χ0n) is 35.1. The first-order valence-corrected chi connectivity index (χ1v) is 21.7. The summed E-state index contributed by atoms with van der Waals surface area (Å²) in [6.45, 7) is 6.22. The van der Waals surface area contributed by atoms with Gasteiger partial charge in [0.2, 0.25) is 0 Å². The fourth-order valence-corrected chi connectivity index (χ4v) is 5.41. The van der Waals surface area contributed by atoms with Crippen molar-refractivity contribution in [3.05, 3.63) is 97.2 Å². The third kappa shape index (κ3) is 41.3. The molecule has 310 valence electrons. The smallest absolute Gasteiger partial charge is 0.310 e. The minimum absolute atomic E-state index is 0.0955. The number of unbranched alkanes of at least 4 members (excludes halogenated alkanes) is 11. The minimum atomic E-state index is -0.836. The standard InChI is InChI=1S/C49H78O6/c1-4-7-10-13-16-19-20-21-22-23-24-25-26-27-28-31-33-36-39-42-48(51)54-45-46(55-49(52)43-40-37-34-30-18-15-12-9-6-3)44-53-47(50)41-38-35-32-29-17-14-11-8-5-2/h7,9-10,12,16,18-19,21-22,24-25,27-28,30,37,40,46H,4-6,8,11,13-15,17,20,23,26,29,31-36,38-39,41-45H2,1-3H3/b10-7-,12-9-,19-16-,22-21-,25-24-,28-27-,30-18-,40-37-. The predicted molar refractivity (Wildman–Crippen MR) is 233 cm³/mol. The highest BCUT2D eigenvalue weighted by Crippen LogP contribution is 2.12. The Morgan fingerprint density at radius 3 is 1.20 bits per heavy atom. The van der Waals surface area contributed by atoms with E-state index in [1.807, 2.05) is 6.08 Å². The molecule has 6 heteroatoms. The molecule has 0 aromatic carbocycles. The van der Waals surface area contributed by atoms with Crippen LogP contribution in [0.1, 0.15) is 175 Å². The van der Waals surface area contributed by atoms with Gasteiger partial charge in [0.25, 0.3) is 0 Å². The Hall–Kier alpha value is -3.67. The number of hydrogen-bond acceptors (Lipinski definition) is 6. The highest BCUT2D eigenvalue weighted by Gasteiger charge is 2.19. The topological polar surface area (TPSA) is 78.9 Å². The molecule has 6 nitrogen and oxygen atoms in total. The van der Waals surface area contributed by atoms with Gasteiger partial charge in [-0.05, 0) is 77.0 Å². The van der Waals surface area contributed by atoms with Crippen LogP contribution in [0.3, 0.4) is 0 Å². The maximum absolute atomic E-state index is 12.6. The predicted octanol–water partition coefficient (Wildman–Crippen LogP) is 13.9. The lowest BCUT2D eigenvalue weighted by atomic mass is 10.1. The Morgan fingerprint density at radius 1 is 0.400 bits per heavy atom. The Bertz CT molecular complexity index is 1150. The summed E-state index contributed by atoms with van der Waals surface area (Å²) in [5, 5.41) is 0. The van der Waals surface area contributed by atoms with Gasteiger partial charge >= 0.3 is 17.9 Å². The van der Waals surface area contributed by atoms with Gasteiger partial charge in [-0.1, -0.05) is 176 Å². The molecule has 0 aromatic heterocycles.